The van der Waals surface area contributed by atoms with Crippen LogP contribution < -0.4 is 0 Å². The Labute approximate surface area is 163 Å². The first-order chi connectivity index (χ1) is 13.5. The van der Waals surface area contributed by atoms with Crippen LogP contribution in [0.4, 0.5) is 0 Å². The molecule has 0 radical (unpaired) electrons. The number of methoxy groups -OCH3 is 2. The van der Waals surface area contributed by atoms with Crippen molar-refractivity contribution in [3.8, 4) is 0 Å². The Morgan fingerprint density at radius 3 is 1.82 bits per heavy atom. The fraction of sp³-hybridized carbons (Fsp3) is 0.273. The molecule has 0 saturated carbocycles. The molecule has 146 valence electrons. The van der Waals surface area contributed by atoms with Gasteiger partial charge in [-0.15, -0.1) is 0 Å². The number of carbonyl (C=O) groups excluding carboxylic acids is 4. The predicted molar refractivity (Wildman–Crippen MR) is 102 cm³/mol. The van der Waals surface area contributed by atoms with Crippen LogP contribution in [0.3, 0.4) is 0 Å². The molecule has 0 aliphatic heterocycles. The largest absolute Gasteiger partial charge is 0.465 e. The van der Waals surface area contributed by atoms with Gasteiger partial charge in [0.2, 0.25) is 0 Å². The van der Waals surface area contributed by atoms with Crippen molar-refractivity contribution in [2.45, 2.75) is 25.2 Å². The number of carbonyl (C=O) groups is 4. The van der Waals surface area contributed by atoms with Crippen LogP contribution in [0, 0.1) is 0 Å². The second kappa shape index (κ2) is 10.2. The first kappa shape index (κ1) is 21.0. The van der Waals surface area contributed by atoms with Crippen LogP contribution in [0.2, 0.25) is 0 Å². The van der Waals surface area contributed by atoms with Gasteiger partial charge in [-0.1, -0.05) is 24.3 Å². The zero-order valence-electron chi connectivity index (χ0n) is 15.8. The molecule has 0 N–H and O–H groups in total. The molecule has 1 unspecified atom stereocenters. The standard InChI is InChI=1S/C22H22O6/c1-27-21(25)17-6-3-15(4-7-17)5-12-20(24)13-19(14-23)16-8-10-18(11-9-16)22(26)28-2/h3-4,6-11,14,19H,5,12-13H2,1-2H3. The average Bonchev–Trinajstić information content (AvgIpc) is 2.75. The molecule has 0 bridgehead atoms. The van der Waals surface area contributed by atoms with Crippen LogP contribution in [0.1, 0.15) is 50.6 Å². The molecule has 0 amide bonds. The normalized spacial score (nSPS) is 11.4. The molecule has 0 saturated heterocycles. The second-order valence-electron chi connectivity index (χ2n) is 6.29. The van der Waals surface area contributed by atoms with Gasteiger partial charge >= 0.3 is 11.9 Å². The number of ether oxygens (including phenoxy) is 2. The lowest BCUT2D eigenvalue weighted by molar-refractivity contribution is -0.121. The maximum absolute atomic E-state index is 12.3. The van der Waals surface area contributed by atoms with Crippen LogP contribution in [0.25, 0.3) is 0 Å². The third-order valence-electron chi connectivity index (χ3n) is 4.44. The topological polar surface area (TPSA) is 86.7 Å². The van der Waals surface area contributed by atoms with Gasteiger partial charge < -0.3 is 14.3 Å². The number of aryl methyl sites for hydroxylation is 1. The maximum Gasteiger partial charge on any atom is 0.337 e. The number of ketones is 1. The Hall–Kier alpha value is -3.28. The molecule has 28 heavy (non-hydrogen) atoms. The summed E-state index contributed by atoms with van der Waals surface area (Å²) in [6, 6.07) is 13.3. The summed E-state index contributed by atoms with van der Waals surface area (Å²) in [4.78, 5) is 46.6. The first-order valence-electron chi connectivity index (χ1n) is 8.81. The number of Topliss-reactive ketones (excluding diaryl/α,β-unsaturated/α-hetero) is 1. The van der Waals surface area contributed by atoms with E-state index in [1.54, 1.807) is 48.5 Å². The van der Waals surface area contributed by atoms with Crippen molar-refractivity contribution >= 4 is 24.0 Å². The molecule has 2 rings (SSSR count). The highest BCUT2D eigenvalue weighted by Crippen LogP contribution is 2.20. The number of benzene rings is 2. The van der Waals surface area contributed by atoms with E-state index in [1.807, 2.05) is 0 Å². The fourth-order valence-electron chi connectivity index (χ4n) is 2.79. The second-order valence-corrected chi connectivity index (χ2v) is 6.29. The van der Waals surface area contributed by atoms with Gasteiger partial charge in [0.1, 0.15) is 12.1 Å². The number of rotatable bonds is 9. The Morgan fingerprint density at radius 1 is 0.857 bits per heavy atom. The van der Waals surface area contributed by atoms with Crippen LogP contribution in [-0.4, -0.2) is 38.2 Å². The summed E-state index contributed by atoms with van der Waals surface area (Å²) in [5.74, 6) is -1.45. The number of hydrogen-bond donors (Lipinski definition) is 0. The Balaban J connectivity index is 1.92. The SMILES string of the molecule is COC(=O)c1ccc(CCC(=O)CC(C=O)c2ccc(C(=O)OC)cc2)cc1. The molecule has 0 fully saturated rings. The van der Waals surface area contributed by atoms with Crippen LogP contribution in [-0.2, 0) is 25.5 Å². The highest BCUT2D eigenvalue weighted by molar-refractivity contribution is 5.90. The quantitative estimate of drug-likeness (QED) is 0.489. The van der Waals surface area contributed by atoms with E-state index in [9.17, 15) is 19.2 Å². The predicted octanol–water partition coefficient (Wildman–Crippen LogP) is 3.13. The lowest BCUT2D eigenvalue weighted by Gasteiger charge is -2.11. The van der Waals surface area contributed by atoms with Crippen LogP contribution in [0.5, 0.6) is 0 Å². The Morgan fingerprint density at radius 2 is 1.36 bits per heavy atom. The zero-order chi connectivity index (χ0) is 20.5. The van der Waals surface area contributed by atoms with Gasteiger partial charge in [0.05, 0.1) is 25.3 Å². The van der Waals surface area contributed by atoms with E-state index in [4.69, 9.17) is 0 Å². The molecule has 1 atom stereocenters. The summed E-state index contributed by atoms with van der Waals surface area (Å²) in [6.45, 7) is 0. The molecule has 0 aromatic heterocycles. The van der Waals surface area contributed by atoms with Crippen molar-refractivity contribution in [2.75, 3.05) is 14.2 Å². The lowest BCUT2D eigenvalue weighted by atomic mass is 9.92. The van der Waals surface area contributed by atoms with Gasteiger partial charge in [-0.2, -0.15) is 0 Å². The molecule has 0 heterocycles. The van der Waals surface area contributed by atoms with Gasteiger partial charge in [0, 0.05) is 18.8 Å². The first-order valence-corrected chi connectivity index (χ1v) is 8.81. The van der Waals surface area contributed by atoms with E-state index in [-0.39, 0.29) is 12.2 Å². The van der Waals surface area contributed by atoms with E-state index < -0.39 is 17.9 Å². The Bertz CT molecular complexity index is 836. The highest BCUT2D eigenvalue weighted by Gasteiger charge is 2.16. The minimum Gasteiger partial charge on any atom is -0.465 e. The number of hydrogen-bond acceptors (Lipinski definition) is 6. The molecule has 6 heteroatoms. The maximum atomic E-state index is 12.3. The monoisotopic (exact) mass is 382 g/mol. The van der Waals surface area contributed by atoms with Gasteiger partial charge in [0.15, 0.2) is 0 Å². The minimum atomic E-state index is -0.555. The van der Waals surface area contributed by atoms with Gasteiger partial charge in [-0.25, -0.2) is 9.59 Å². The third kappa shape index (κ3) is 5.61. The van der Waals surface area contributed by atoms with E-state index in [2.05, 4.69) is 9.47 Å². The molecule has 2 aromatic rings. The lowest BCUT2D eigenvalue weighted by Crippen LogP contribution is -2.10. The van der Waals surface area contributed by atoms with Crippen molar-refractivity contribution in [3.63, 3.8) is 0 Å². The van der Waals surface area contributed by atoms with E-state index >= 15 is 0 Å². The number of esters is 2. The molecule has 0 aliphatic carbocycles. The van der Waals surface area contributed by atoms with Crippen LogP contribution >= 0.6 is 0 Å². The van der Waals surface area contributed by atoms with E-state index in [0.29, 0.717) is 29.5 Å². The fourth-order valence-corrected chi connectivity index (χ4v) is 2.79. The third-order valence-corrected chi connectivity index (χ3v) is 4.44. The summed E-state index contributed by atoms with van der Waals surface area (Å²) in [5, 5.41) is 0. The van der Waals surface area contributed by atoms with Crippen molar-refractivity contribution in [3.05, 3.63) is 70.8 Å². The smallest absolute Gasteiger partial charge is 0.337 e. The van der Waals surface area contributed by atoms with E-state index in [1.165, 1.54) is 14.2 Å². The van der Waals surface area contributed by atoms with Gasteiger partial charge in [0.25, 0.3) is 0 Å². The zero-order valence-corrected chi connectivity index (χ0v) is 15.8. The minimum absolute atomic E-state index is 0.0359. The molecule has 6 nitrogen and oxygen atoms in total. The van der Waals surface area contributed by atoms with Crippen molar-refractivity contribution < 1.29 is 28.7 Å². The van der Waals surface area contributed by atoms with Crippen LogP contribution in [0.15, 0.2) is 48.5 Å². The van der Waals surface area contributed by atoms with E-state index in [0.717, 1.165) is 11.8 Å². The van der Waals surface area contributed by atoms with Gasteiger partial charge in [-0.3, -0.25) is 4.79 Å². The highest BCUT2D eigenvalue weighted by atomic mass is 16.5. The summed E-state index contributed by atoms with van der Waals surface area (Å²) in [5.41, 5.74) is 2.44. The number of aldehydes is 1. The van der Waals surface area contributed by atoms with Crippen molar-refractivity contribution in [1.82, 2.24) is 0 Å². The summed E-state index contributed by atoms with van der Waals surface area (Å²) < 4.78 is 9.29. The van der Waals surface area contributed by atoms with Gasteiger partial charge in [-0.05, 0) is 41.8 Å². The molecular formula is C22H22O6. The molecular weight excluding hydrogens is 360 g/mol. The summed E-state index contributed by atoms with van der Waals surface area (Å²) in [7, 11) is 2.62. The van der Waals surface area contributed by atoms with Crippen molar-refractivity contribution in [2.24, 2.45) is 0 Å². The summed E-state index contributed by atoms with van der Waals surface area (Å²) >= 11 is 0. The molecule has 2 aromatic carbocycles. The average molecular weight is 382 g/mol. The van der Waals surface area contributed by atoms with Crippen molar-refractivity contribution in [1.29, 1.82) is 0 Å². The summed E-state index contributed by atoms with van der Waals surface area (Å²) in [6.07, 6.45) is 1.66. The molecule has 0 aliphatic rings. The Kier molecular flexibility index (Phi) is 7.63. The molecule has 0 spiro atoms.